The van der Waals surface area contributed by atoms with Crippen LogP contribution in [0.15, 0.2) is 36.8 Å². The first-order valence-electron chi connectivity index (χ1n) is 5.10. The number of hydrogen-bond donors (Lipinski definition) is 1. The Balaban J connectivity index is 2.26. The molecule has 5 heteroatoms. The van der Waals surface area contributed by atoms with Gasteiger partial charge in [-0.1, -0.05) is 12.1 Å². The van der Waals surface area contributed by atoms with Crippen molar-refractivity contribution in [2.45, 2.75) is 5.92 Å². The Hall–Kier alpha value is -2.17. The van der Waals surface area contributed by atoms with Crippen molar-refractivity contribution in [2.75, 3.05) is 6.61 Å². The smallest absolute Gasteiger partial charge is 0.293 e. The number of benzene rings is 1. The number of nitrogens with zero attached hydrogens (tertiary/aromatic N) is 1. The van der Waals surface area contributed by atoms with Gasteiger partial charge in [0.15, 0.2) is 0 Å². The molecule has 0 aliphatic carbocycles. The van der Waals surface area contributed by atoms with Crippen LogP contribution in [0.5, 0.6) is 0 Å². The molecular weight excluding hydrogens is 223 g/mol. The molecule has 1 unspecified atom stereocenters. The molecule has 0 aliphatic rings. The quantitative estimate of drug-likeness (QED) is 0.803. The summed E-state index contributed by atoms with van der Waals surface area (Å²) in [6.45, 7) is 0.588. The topological polar surface area (TPSA) is 55.0 Å². The molecule has 0 bridgehead atoms. The number of rotatable bonds is 5. The van der Waals surface area contributed by atoms with E-state index in [1.54, 1.807) is 24.7 Å². The minimum atomic E-state index is -0.298. The molecule has 1 N–H and O–H groups in total. The van der Waals surface area contributed by atoms with E-state index in [4.69, 9.17) is 4.74 Å². The third kappa shape index (κ3) is 2.69. The Bertz CT molecular complexity index is 468. The second kappa shape index (κ2) is 5.25. The Kier molecular flexibility index (Phi) is 3.49. The SMILES string of the molecule is O=COCC(c1ccc(F)cc1)c1cnc[nH]1. The van der Waals surface area contributed by atoms with E-state index in [-0.39, 0.29) is 18.3 Å². The van der Waals surface area contributed by atoms with Crippen LogP contribution in [0.3, 0.4) is 0 Å². The second-order valence-corrected chi connectivity index (χ2v) is 3.54. The Labute approximate surface area is 97.5 Å². The number of imidazole rings is 1. The van der Waals surface area contributed by atoms with E-state index in [0.29, 0.717) is 6.47 Å². The fourth-order valence-electron chi connectivity index (χ4n) is 1.65. The molecule has 0 amide bonds. The molecule has 17 heavy (non-hydrogen) atoms. The molecule has 2 aromatic rings. The van der Waals surface area contributed by atoms with Crippen molar-refractivity contribution in [1.29, 1.82) is 0 Å². The molecule has 88 valence electrons. The highest BCUT2D eigenvalue weighted by Gasteiger charge is 2.16. The first-order chi connectivity index (χ1) is 8.31. The number of aromatic nitrogens is 2. The highest BCUT2D eigenvalue weighted by Crippen LogP contribution is 2.23. The van der Waals surface area contributed by atoms with Crippen molar-refractivity contribution in [3.63, 3.8) is 0 Å². The number of halogens is 1. The van der Waals surface area contributed by atoms with Crippen LogP contribution in [0.1, 0.15) is 17.2 Å². The zero-order chi connectivity index (χ0) is 12.1. The molecule has 1 atom stereocenters. The van der Waals surface area contributed by atoms with Crippen LogP contribution < -0.4 is 0 Å². The maximum atomic E-state index is 12.8. The summed E-state index contributed by atoms with van der Waals surface area (Å²) in [7, 11) is 0. The van der Waals surface area contributed by atoms with E-state index >= 15 is 0 Å². The molecule has 2 rings (SSSR count). The summed E-state index contributed by atoms with van der Waals surface area (Å²) in [6.07, 6.45) is 3.20. The van der Waals surface area contributed by atoms with Crippen LogP contribution in [0.4, 0.5) is 4.39 Å². The van der Waals surface area contributed by atoms with Gasteiger partial charge in [0.1, 0.15) is 12.4 Å². The van der Waals surface area contributed by atoms with Crippen LogP contribution in [0.2, 0.25) is 0 Å². The molecule has 0 radical (unpaired) electrons. The Morgan fingerprint density at radius 2 is 2.18 bits per heavy atom. The van der Waals surface area contributed by atoms with Gasteiger partial charge < -0.3 is 9.72 Å². The van der Waals surface area contributed by atoms with Crippen LogP contribution in [-0.4, -0.2) is 23.0 Å². The average Bonchev–Trinajstić information content (AvgIpc) is 2.85. The van der Waals surface area contributed by atoms with Crippen molar-refractivity contribution < 1.29 is 13.9 Å². The zero-order valence-electron chi connectivity index (χ0n) is 8.97. The van der Waals surface area contributed by atoms with Gasteiger partial charge in [0.2, 0.25) is 0 Å². The number of hydrogen-bond acceptors (Lipinski definition) is 3. The summed E-state index contributed by atoms with van der Waals surface area (Å²) in [5, 5.41) is 0. The molecule has 1 aromatic heterocycles. The number of aromatic amines is 1. The summed E-state index contributed by atoms with van der Waals surface area (Å²) < 4.78 is 17.6. The fraction of sp³-hybridized carbons (Fsp3) is 0.167. The molecule has 1 aromatic carbocycles. The normalized spacial score (nSPS) is 12.1. The standard InChI is InChI=1S/C12H11FN2O2/c13-10-3-1-9(2-4-10)11(6-17-8-16)12-5-14-7-15-12/h1-5,7-8,11H,6H2,(H,14,15). The number of H-pyrrole nitrogens is 1. The highest BCUT2D eigenvalue weighted by atomic mass is 19.1. The summed E-state index contributed by atoms with van der Waals surface area (Å²) in [5.41, 5.74) is 1.68. The van der Waals surface area contributed by atoms with E-state index in [9.17, 15) is 9.18 Å². The van der Waals surface area contributed by atoms with Gasteiger partial charge in [0.05, 0.1) is 12.2 Å². The van der Waals surface area contributed by atoms with Crippen molar-refractivity contribution in [3.05, 3.63) is 53.9 Å². The van der Waals surface area contributed by atoms with Crippen LogP contribution in [0, 0.1) is 5.82 Å². The van der Waals surface area contributed by atoms with Gasteiger partial charge in [0.25, 0.3) is 6.47 Å². The zero-order valence-corrected chi connectivity index (χ0v) is 8.97. The molecular formula is C12H11FN2O2. The van der Waals surface area contributed by atoms with Gasteiger partial charge in [-0.05, 0) is 17.7 Å². The van der Waals surface area contributed by atoms with Gasteiger partial charge in [-0.3, -0.25) is 4.79 Å². The van der Waals surface area contributed by atoms with E-state index < -0.39 is 0 Å². The van der Waals surface area contributed by atoms with E-state index in [1.807, 2.05) is 0 Å². The summed E-state index contributed by atoms with van der Waals surface area (Å²) in [5.74, 6) is -0.461. The van der Waals surface area contributed by atoms with Crippen LogP contribution >= 0.6 is 0 Å². The molecule has 0 saturated heterocycles. The third-order valence-electron chi connectivity index (χ3n) is 2.50. The lowest BCUT2D eigenvalue weighted by molar-refractivity contribution is -0.128. The largest absolute Gasteiger partial charge is 0.467 e. The Morgan fingerprint density at radius 3 is 2.76 bits per heavy atom. The van der Waals surface area contributed by atoms with E-state index in [1.165, 1.54) is 12.1 Å². The monoisotopic (exact) mass is 234 g/mol. The minimum absolute atomic E-state index is 0.164. The number of nitrogens with one attached hydrogen (secondary N) is 1. The first kappa shape index (κ1) is 11.3. The molecule has 4 nitrogen and oxygen atoms in total. The third-order valence-corrected chi connectivity index (χ3v) is 2.50. The number of carbonyl (C=O) groups is 1. The number of carbonyl (C=O) groups excluding carboxylic acids is 1. The molecule has 0 spiro atoms. The van der Waals surface area contributed by atoms with Crippen molar-refractivity contribution in [2.24, 2.45) is 0 Å². The van der Waals surface area contributed by atoms with Gasteiger partial charge in [-0.2, -0.15) is 0 Å². The van der Waals surface area contributed by atoms with Gasteiger partial charge in [-0.15, -0.1) is 0 Å². The lowest BCUT2D eigenvalue weighted by Crippen LogP contribution is -2.09. The summed E-state index contributed by atoms with van der Waals surface area (Å²) in [4.78, 5) is 17.1. The van der Waals surface area contributed by atoms with Crippen LogP contribution in [-0.2, 0) is 9.53 Å². The minimum Gasteiger partial charge on any atom is -0.467 e. The molecule has 0 fully saturated rings. The van der Waals surface area contributed by atoms with Crippen LogP contribution in [0.25, 0.3) is 0 Å². The fourth-order valence-corrected chi connectivity index (χ4v) is 1.65. The van der Waals surface area contributed by atoms with Gasteiger partial charge in [-0.25, -0.2) is 9.37 Å². The highest BCUT2D eigenvalue weighted by molar-refractivity contribution is 5.38. The predicted molar refractivity (Wildman–Crippen MR) is 58.8 cm³/mol. The second-order valence-electron chi connectivity index (χ2n) is 3.54. The average molecular weight is 234 g/mol. The number of ether oxygens (including phenoxy) is 1. The van der Waals surface area contributed by atoms with Crippen molar-refractivity contribution in [1.82, 2.24) is 9.97 Å². The maximum Gasteiger partial charge on any atom is 0.293 e. The van der Waals surface area contributed by atoms with E-state index in [0.717, 1.165) is 11.3 Å². The van der Waals surface area contributed by atoms with Crippen molar-refractivity contribution >= 4 is 6.47 Å². The predicted octanol–water partition coefficient (Wildman–Crippen LogP) is 1.85. The van der Waals surface area contributed by atoms with Crippen molar-refractivity contribution in [3.8, 4) is 0 Å². The Morgan fingerprint density at radius 1 is 1.41 bits per heavy atom. The summed E-state index contributed by atoms with van der Waals surface area (Å²) in [6, 6.07) is 6.07. The van der Waals surface area contributed by atoms with Gasteiger partial charge in [0, 0.05) is 11.9 Å². The van der Waals surface area contributed by atoms with E-state index in [2.05, 4.69) is 9.97 Å². The lowest BCUT2D eigenvalue weighted by Gasteiger charge is -2.14. The lowest BCUT2D eigenvalue weighted by atomic mass is 9.97. The first-order valence-corrected chi connectivity index (χ1v) is 5.10. The molecule has 0 saturated carbocycles. The molecule has 0 aliphatic heterocycles. The summed E-state index contributed by atoms with van der Waals surface area (Å²) >= 11 is 0. The maximum absolute atomic E-state index is 12.8. The van der Waals surface area contributed by atoms with Gasteiger partial charge >= 0.3 is 0 Å². The molecule has 1 heterocycles.